The molecule has 1 atom stereocenters. The van der Waals surface area contributed by atoms with Crippen molar-refractivity contribution in [1.29, 1.82) is 0 Å². The van der Waals surface area contributed by atoms with E-state index in [1.54, 1.807) is 12.4 Å². The summed E-state index contributed by atoms with van der Waals surface area (Å²) < 4.78 is 13.6. The zero-order valence-corrected chi connectivity index (χ0v) is 15.1. The van der Waals surface area contributed by atoms with Crippen LogP contribution in [0.4, 0.5) is 0 Å². The molecule has 0 fully saturated rings. The Morgan fingerprint density at radius 1 is 1.23 bits per heavy atom. The molecule has 0 amide bonds. The molecule has 7 heteroatoms. The minimum Gasteiger partial charge on any atom is -0.465 e. The monoisotopic (exact) mass is 353 g/mol. The third-order valence-corrected chi connectivity index (χ3v) is 4.70. The lowest BCUT2D eigenvalue weighted by molar-refractivity contribution is 0.0812. The molecule has 0 saturated heterocycles. The summed E-state index contributed by atoms with van der Waals surface area (Å²) in [5.74, 6) is 2.15. The van der Waals surface area contributed by atoms with Crippen molar-refractivity contribution in [3.63, 3.8) is 0 Å². The van der Waals surface area contributed by atoms with E-state index in [1.165, 1.54) is 5.69 Å². The maximum Gasteiger partial charge on any atom is 0.118 e. The van der Waals surface area contributed by atoms with Crippen LogP contribution in [0.5, 0.6) is 0 Å². The van der Waals surface area contributed by atoms with Crippen molar-refractivity contribution in [2.75, 3.05) is 13.2 Å². The average molecular weight is 353 g/mol. The minimum atomic E-state index is 0.233. The van der Waals surface area contributed by atoms with Crippen LogP contribution in [0.15, 0.2) is 41.1 Å². The van der Waals surface area contributed by atoms with E-state index in [4.69, 9.17) is 9.15 Å². The molecule has 1 aliphatic rings. The molecular weight excluding hydrogens is 330 g/mol. The summed E-state index contributed by atoms with van der Waals surface area (Å²) in [6.45, 7) is 5.62. The molecule has 0 N–H and O–H groups in total. The molecule has 136 valence electrons. The van der Waals surface area contributed by atoms with Gasteiger partial charge in [-0.3, -0.25) is 14.6 Å². The van der Waals surface area contributed by atoms with Crippen molar-refractivity contribution in [2.45, 2.75) is 32.5 Å². The molecule has 0 radical (unpaired) electrons. The Morgan fingerprint density at radius 3 is 2.85 bits per heavy atom. The van der Waals surface area contributed by atoms with E-state index in [9.17, 15) is 0 Å². The van der Waals surface area contributed by atoms with Gasteiger partial charge in [0.25, 0.3) is 0 Å². The molecule has 0 aliphatic carbocycles. The molecule has 26 heavy (non-hydrogen) atoms. The quantitative estimate of drug-likeness (QED) is 0.678. The highest BCUT2D eigenvalue weighted by atomic mass is 16.5. The number of pyridine rings is 1. The van der Waals surface area contributed by atoms with Gasteiger partial charge in [0.15, 0.2) is 0 Å². The van der Waals surface area contributed by atoms with Crippen LogP contribution in [0, 0.1) is 6.92 Å². The molecule has 4 rings (SSSR count). The Kier molecular flexibility index (Phi) is 4.81. The summed E-state index contributed by atoms with van der Waals surface area (Å²) >= 11 is 0. The van der Waals surface area contributed by atoms with Crippen molar-refractivity contribution in [3.05, 3.63) is 65.1 Å². The highest BCUT2D eigenvalue weighted by Gasteiger charge is 2.30. The molecule has 0 bridgehead atoms. The molecular formula is C19H23N5O2. The molecule has 0 unspecified atom stereocenters. The standard InChI is InChI=1S/C19H23N5O2/c1-14-3-4-17(26-14)10-24-9-16(19-18(11-24)21-22-23(19)2)13-25-12-15-5-7-20-8-6-15/h3-8,16H,9-13H2,1-2H3/t16-/m1/s1. The van der Waals surface area contributed by atoms with Crippen LogP contribution < -0.4 is 0 Å². The number of rotatable bonds is 6. The summed E-state index contributed by atoms with van der Waals surface area (Å²) in [7, 11) is 1.95. The SMILES string of the molecule is Cc1ccc(CN2Cc3nnn(C)c3[C@@H](COCc3ccncc3)C2)o1. The zero-order chi connectivity index (χ0) is 17.9. The summed E-state index contributed by atoms with van der Waals surface area (Å²) in [6.07, 6.45) is 3.57. The molecule has 3 aromatic heterocycles. The Labute approximate surface area is 152 Å². The van der Waals surface area contributed by atoms with Crippen LogP contribution in [0.3, 0.4) is 0 Å². The highest BCUT2D eigenvalue weighted by molar-refractivity contribution is 5.20. The lowest BCUT2D eigenvalue weighted by Gasteiger charge is -2.31. The minimum absolute atomic E-state index is 0.233. The fraction of sp³-hybridized carbons (Fsp3) is 0.421. The van der Waals surface area contributed by atoms with Gasteiger partial charge in [0, 0.05) is 38.4 Å². The summed E-state index contributed by atoms with van der Waals surface area (Å²) in [5, 5.41) is 8.56. The number of aryl methyl sites for hydroxylation is 2. The Hall–Kier alpha value is -2.51. The Balaban J connectivity index is 1.44. The van der Waals surface area contributed by atoms with Crippen LogP contribution >= 0.6 is 0 Å². The lowest BCUT2D eigenvalue weighted by atomic mass is 9.99. The van der Waals surface area contributed by atoms with Gasteiger partial charge in [-0.1, -0.05) is 5.21 Å². The van der Waals surface area contributed by atoms with E-state index in [0.29, 0.717) is 13.2 Å². The van der Waals surface area contributed by atoms with Crippen molar-refractivity contribution >= 4 is 0 Å². The van der Waals surface area contributed by atoms with E-state index in [2.05, 4.69) is 20.2 Å². The van der Waals surface area contributed by atoms with Gasteiger partial charge >= 0.3 is 0 Å². The zero-order valence-electron chi connectivity index (χ0n) is 15.1. The maximum atomic E-state index is 6.00. The van der Waals surface area contributed by atoms with Crippen LogP contribution in [-0.2, 0) is 31.5 Å². The summed E-state index contributed by atoms with van der Waals surface area (Å²) in [4.78, 5) is 6.38. The molecule has 0 saturated carbocycles. The number of fused-ring (bicyclic) bond motifs is 1. The first-order chi connectivity index (χ1) is 12.7. The van der Waals surface area contributed by atoms with Crippen molar-refractivity contribution in [2.24, 2.45) is 7.05 Å². The number of aromatic nitrogens is 4. The third kappa shape index (κ3) is 3.68. The van der Waals surface area contributed by atoms with Crippen LogP contribution in [0.25, 0.3) is 0 Å². The second-order valence-corrected chi connectivity index (χ2v) is 6.79. The largest absolute Gasteiger partial charge is 0.465 e. The van der Waals surface area contributed by atoms with E-state index in [1.807, 2.05) is 42.9 Å². The first-order valence-corrected chi connectivity index (χ1v) is 8.82. The second kappa shape index (κ2) is 7.39. The first-order valence-electron chi connectivity index (χ1n) is 8.82. The normalized spacial score (nSPS) is 17.4. The maximum absolute atomic E-state index is 6.00. The fourth-order valence-corrected chi connectivity index (χ4v) is 3.53. The van der Waals surface area contributed by atoms with E-state index in [0.717, 1.165) is 42.4 Å². The van der Waals surface area contributed by atoms with Crippen LogP contribution in [0.1, 0.15) is 34.4 Å². The van der Waals surface area contributed by atoms with Crippen molar-refractivity contribution in [3.8, 4) is 0 Å². The lowest BCUT2D eigenvalue weighted by Crippen LogP contribution is -2.35. The predicted octanol–water partition coefficient (Wildman–Crippen LogP) is 2.43. The summed E-state index contributed by atoms with van der Waals surface area (Å²) in [6, 6.07) is 7.99. The Bertz CT molecular complexity index is 858. The highest BCUT2D eigenvalue weighted by Crippen LogP contribution is 2.28. The van der Waals surface area contributed by atoms with Gasteiger partial charge < -0.3 is 9.15 Å². The van der Waals surface area contributed by atoms with Gasteiger partial charge in [-0.15, -0.1) is 5.10 Å². The van der Waals surface area contributed by atoms with Gasteiger partial charge in [0.1, 0.15) is 17.2 Å². The molecule has 1 aliphatic heterocycles. The summed E-state index contributed by atoms with van der Waals surface area (Å²) in [5.41, 5.74) is 3.33. The fourth-order valence-electron chi connectivity index (χ4n) is 3.53. The molecule has 3 aromatic rings. The Morgan fingerprint density at radius 2 is 2.08 bits per heavy atom. The van der Waals surface area contributed by atoms with Gasteiger partial charge in [0.05, 0.1) is 25.5 Å². The number of nitrogens with zero attached hydrogens (tertiary/aromatic N) is 5. The molecule has 7 nitrogen and oxygen atoms in total. The molecule has 4 heterocycles. The number of hydrogen-bond acceptors (Lipinski definition) is 6. The van der Waals surface area contributed by atoms with Crippen LogP contribution in [-0.4, -0.2) is 38.0 Å². The van der Waals surface area contributed by atoms with Gasteiger partial charge in [-0.25, -0.2) is 0 Å². The van der Waals surface area contributed by atoms with Gasteiger partial charge in [-0.05, 0) is 36.8 Å². The average Bonchev–Trinajstić information content (AvgIpc) is 3.22. The van der Waals surface area contributed by atoms with E-state index >= 15 is 0 Å². The van der Waals surface area contributed by atoms with Gasteiger partial charge in [0.2, 0.25) is 0 Å². The van der Waals surface area contributed by atoms with Gasteiger partial charge in [-0.2, -0.15) is 0 Å². The topological polar surface area (TPSA) is 69.2 Å². The van der Waals surface area contributed by atoms with E-state index in [-0.39, 0.29) is 5.92 Å². The van der Waals surface area contributed by atoms with E-state index < -0.39 is 0 Å². The number of hydrogen-bond donors (Lipinski definition) is 0. The molecule has 0 spiro atoms. The number of furan rings is 1. The molecule has 0 aromatic carbocycles. The predicted molar refractivity (Wildman–Crippen MR) is 95.2 cm³/mol. The smallest absolute Gasteiger partial charge is 0.118 e. The van der Waals surface area contributed by atoms with Crippen LogP contribution in [0.2, 0.25) is 0 Å². The second-order valence-electron chi connectivity index (χ2n) is 6.79. The van der Waals surface area contributed by atoms with Crippen molar-refractivity contribution < 1.29 is 9.15 Å². The first kappa shape index (κ1) is 16.9. The number of ether oxygens (including phenoxy) is 1. The van der Waals surface area contributed by atoms with Crippen molar-refractivity contribution in [1.82, 2.24) is 24.9 Å². The third-order valence-electron chi connectivity index (χ3n) is 4.70.